The maximum absolute atomic E-state index is 13.3. The highest BCUT2D eigenvalue weighted by atomic mass is 16.5. The van der Waals surface area contributed by atoms with E-state index in [1.807, 2.05) is 52.1 Å². The van der Waals surface area contributed by atoms with Gasteiger partial charge in [-0.2, -0.15) is 0 Å². The molecule has 1 fully saturated rings. The van der Waals surface area contributed by atoms with Crippen LogP contribution in [-0.2, 0) is 18.2 Å². The van der Waals surface area contributed by atoms with Crippen molar-refractivity contribution in [2.45, 2.75) is 33.3 Å². The number of aryl methyl sites for hydroxylation is 2. The first-order chi connectivity index (χ1) is 17.4. The van der Waals surface area contributed by atoms with Crippen molar-refractivity contribution in [2.24, 2.45) is 7.05 Å². The van der Waals surface area contributed by atoms with Crippen molar-refractivity contribution < 1.29 is 19.1 Å². The van der Waals surface area contributed by atoms with E-state index in [1.54, 1.807) is 16.7 Å². The summed E-state index contributed by atoms with van der Waals surface area (Å²) >= 11 is 0. The Labute approximate surface area is 211 Å². The molecule has 2 aromatic heterocycles. The molecule has 0 radical (unpaired) electrons. The molecule has 1 aliphatic rings. The van der Waals surface area contributed by atoms with Crippen LogP contribution >= 0.6 is 0 Å². The molecule has 1 aromatic carbocycles. The van der Waals surface area contributed by atoms with Gasteiger partial charge in [-0.15, -0.1) is 0 Å². The van der Waals surface area contributed by atoms with Gasteiger partial charge in [0.2, 0.25) is 0 Å². The van der Waals surface area contributed by atoms with Gasteiger partial charge in [0.05, 0.1) is 36.1 Å². The number of amides is 2. The molecule has 0 atom stereocenters. The van der Waals surface area contributed by atoms with Crippen LogP contribution in [0.3, 0.4) is 0 Å². The number of nitrogens with zero attached hydrogens (tertiary/aromatic N) is 3. The fourth-order valence-corrected chi connectivity index (χ4v) is 4.36. The summed E-state index contributed by atoms with van der Waals surface area (Å²) in [5.41, 5.74) is 2.96. The van der Waals surface area contributed by atoms with Gasteiger partial charge in [-0.05, 0) is 38.5 Å². The zero-order valence-electron chi connectivity index (χ0n) is 21.5. The molecular formula is C27H35N5O4. The molecule has 192 valence electrons. The van der Waals surface area contributed by atoms with Gasteiger partial charge in [-0.3, -0.25) is 14.5 Å². The van der Waals surface area contributed by atoms with Crippen LogP contribution in [-0.4, -0.2) is 71.8 Å². The number of hydrogen-bond donors (Lipinski definition) is 2. The summed E-state index contributed by atoms with van der Waals surface area (Å²) in [7, 11) is 1.82. The average Bonchev–Trinajstić information content (AvgIpc) is 3.14. The second-order valence-corrected chi connectivity index (χ2v) is 9.14. The van der Waals surface area contributed by atoms with Gasteiger partial charge in [0.15, 0.2) is 11.4 Å². The maximum Gasteiger partial charge on any atom is 0.271 e. The van der Waals surface area contributed by atoms with E-state index < -0.39 is 0 Å². The summed E-state index contributed by atoms with van der Waals surface area (Å²) in [5, 5.41) is 6.72. The van der Waals surface area contributed by atoms with E-state index in [2.05, 4.69) is 15.5 Å². The fraction of sp³-hybridized carbons (Fsp3) is 0.444. The van der Waals surface area contributed by atoms with Crippen molar-refractivity contribution in [1.29, 1.82) is 0 Å². The number of fused-ring (bicyclic) bond motifs is 1. The monoisotopic (exact) mass is 493 g/mol. The van der Waals surface area contributed by atoms with E-state index >= 15 is 0 Å². The van der Waals surface area contributed by atoms with E-state index in [0.29, 0.717) is 46.7 Å². The molecule has 0 spiro atoms. The Kier molecular flexibility index (Phi) is 8.22. The van der Waals surface area contributed by atoms with Crippen molar-refractivity contribution in [3.63, 3.8) is 0 Å². The van der Waals surface area contributed by atoms with Crippen LogP contribution in [0.15, 0.2) is 36.4 Å². The topological polar surface area (TPSA) is 97.7 Å². The first-order valence-electron chi connectivity index (χ1n) is 12.5. The quantitative estimate of drug-likeness (QED) is 0.475. The Hall–Kier alpha value is -3.43. The third-order valence-electron chi connectivity index (χ3n) is 6.20. The molecule has 4 rings (SSSR count). The number of benzene rings is 1. The Morgan fingerprint density at radius 3 is 2.53 bits per heavy atom. The molecule has 0 aliphatic carbocycles. The van der Waals surface area contributed by atoms with E-state index in [1.165, 1.54) is 0 Å². The van der Waals surface area contributed by atoms with Crippen molar-refractivity contribution in [2.75, 3.05) is 44.7 Å². The summed E-state index contributed by atoms with van der Waals surface area (Å²) in [4.78, 5) is 33.3. The fourth-order valence-electron chi connectivity index (χ4n) is 4.36. The van der Waals surface area contributed by atoms with E-state index in [4.69, 9.17) is 14.5 Å². The van der Waals surface area contributed by atoms with Gasteiger partial charge in [0, 0.05) is 38.8 Å². The Bertz CT molecular complexity index is 1220. The van der Waals surface area contributed by atoms with Gasteiger partial charge >= 0.3 is 0 Å². The minimum atomic E-state index is -0.215. The predicted octanol–water partition coefficient (Wildman–Crippen LogP) is 3.24. The van der Waals surface area contributed by atoms with Crippen LogP contribution in [0.2, 0.25) is 0 Å². The SMILES string of the molecule is CCc1nc2c(cc1NC(=O)c1ccccc1)c(OC(C)C)c(C(=O)NCCN1CCOCC1)n2C. The molecule has 36 heavy (non-hydrogen) atoms. The number of carbonyl (C=O) groups excluding carboxylic acids is 2. The second kappa shape index (κ2) is 11.5. The molecule has 1 aliphatic heterocycles. The summed E-state index contributed by atoms with van der Waals surface area (Å²) in [6, 6.07) is 10.9. The second-order valence-electron chi connectivity index (χ2n) is 9.14. The van der Waals surface area contributed by atoms with E-state index in [-0.39, 0.29) is 17.9 Å². The molecule has 1 saturated heterocycles. The normalized spacial score (nSPS) is 14.2. The van der Waals surface area contributed by atoms with Crippen molar-refractivity contribution in [3.8, 4) is 5.75 Å². The van der Waals surface area contributed by atoms with Crippen LogP contribution in [0.4, 0.5) is 5.69 Å². The lowest BCUT2D eigenvalue weighted by atomic mass is 10.1. The van der Waals surface area contributed by atoms with Crippen molar-refractivity contribution in [3.05, 3.63) is 53.3 Å². The highest BCUT2D eigenvalue weighted by Crippen LogP contribution is 2.35. The number of hydrogen-bond acceptors (Lipinski definition) is 6. The molecule has 9 heteroatoms. The van der Waals surface area contributed by atoms with E-state index in [9.17, 15) is 9.59 Å². The zero-order valence-corrected chi connectivity index (χ0v) is 21.5. The first kappa shape index (κ1) is 25.7. The number of ether oxygens (including phenoxy) is 2. The standard InChI is InChI=1S/C27H35N5O4/c1-5-21-22(30-26(33)19-9-7-6-8-10-19)17-20-24(36-18(2)3)23(31(4)25(20)29-21)27(34)28-11-12-32-13-15-35-16-14-32/h6-10,17-18H,5,11-16H2,1-4H3,(H,28,34)(H,30,33). The largest absolute Gasteiger partial charge is 0.488 e. The number of nitrogens with one attached hydrogen (secondary N) is 2. The number of morpholine rings is 1. The summed E-state index contributed by atoms with van der Waals surface area (Å²) in [5.74, 6) is 0.0406. The summed E-state index contributed by atoms with van der Waals surface area (Å²) in [6.45, 7) is 10.3. The van der Waals surface area contributed by atoms with Crippen molar-refractivity contribution >= 4 is 28.5 Å². The lowest BCUT2D eigenvalue weighted by Gasteiger charge is -2.26. The molecule has 0 saturated carbocycles. The number of anilines is 1. The van der Waals surface area contributed by atoms with Crippen LogP contribution in [0.1, 0.15) is 47.3 Å². The third kappa shape index (κ3) is 5.68. The highest BCUT2D eigenvalue weighted by Gasteiger charge is 2.26. The lowest BCUT2D eigenvalue weighted by Crippen LogP contribution is -2.41. The van der Waals surface area contributed by atoms with Crippen LogP contribution < -0.4 is 15.4 Å². The molecule has 2 amide bonds. The minimum absolute atomic E-state index is 0.149. The van der Waals surface area contributed by atoms with Crippen molar-refractivity contribution in [1.82, 2.24) is 19.8 Å². The smallest absolute Gasteiger partial charge is 0.271 e. The molecule has 3 aromatic rings. The van der Waals surface area contributed by atoms with Gasteiger partial charge in [-0.1, -0.05) is 25.1 Å². The Balaban J connectivity index is 1.65. The summed E-state index contributed by atoms with van der Waals surface area (Å²) in [6.07, 6.45) is 0.469. The maximum atomic E-state index is 13.3. The predicted molar refractivity (Wildman–Crippen MR) is 140 cm³/mol. The molecule has 9 nitrogen and oxygen atoms in total. The van der Waals surface area contributed by atoms with Crippen LogP contribution in [0, 0.1) is 0 Å². The van der Waals surface area contributed by atoms with Crippen LogP contribution in [0.25, 0.3) is 11.0 Å². The average molecular weight is 494 g/mol. The number of rotatable bonds is 9. The minimum Gasteiger partial charge on any atom is -0.488 e. The lowest BCUT2D eigenvalue weighted by molar-refractivity contribution is 0.0383. The third-order valence-corrected chi connectivity index (χ3v) is 6.20. The molecular weight excluding hydrogens is 458 g/mol. The first-order valence-corrected chi connectivity index (χ1v) is 12.5. The van der Waals surface area contributed by atoms with E-state index in [0.717, 1.165) is 38.5 Å². The molecule has 0 unspecified atom stereocenters. The highest BCUT2D eigenvalue weighted by molar-refractivity contribution is 6.07. The zero-order chi connectivity index (χ0) is 25.7. The van der Waals surface area contributed by atoms with Gasteiger partial charge in [0.1, 0.15) is 5.65 Å². The number of carbonyl (C=O) groups is 2. The van der Waals surface area contributed by atoms with Gasteiger partial charge < -0.3 is 24.7 Å². The molecule has 2 N–H and O–H groups in total. The molecule has 3 heterocycles. The number of aromatic nitrogens is 2. The summed E-state index contributed by atoms with van der Waals surface area (Å²) < 4.78 is 13.3. The van der Waals surface area contributed by atoms with Gasteiger partial charge in [0.25, 0.3) is 11.8 Å². The molecule has 0 bridgehead atoms. The Morgan fingerprint density at radius 2 is 1.86 bits per heavy atom. The van der Waals surface area contributed by atoms with Gasteiger partial charge in [-0.25, -0.2) is 4.98 Å². The number of pyridine rings is 1. The van der Waals surface area contributed by atoms with Crippen LogP contribution in [0.5, 0.6) is 5.75 Å². The Morgan fingerprint density at radius 1 is 1.14 bits per heavy atom.